The summed E-state index contributed by atoms with van der Waals surface area (Å²) < 4.78 is 0. The Labute approximate surface area is 217 Å². The molecule has 0 amide bonds. The average Bonchev–Trinajstić information content (AvgIpc) is 2.89. The van der Waals surface area contributed by atoms with Gasteiger partial charge < -0.3 is 22.3 Å². The predicted octanol–water partition coefficient (Wildman–Crippen LogP) is 5.90. The van der Waals surface area contributed by atoms with Crippen LogP contribution in [0.3, 0.4) is 0 Å². The quantitative estimate of drug-likeness (QED) is 0.246. The van der Waals surface area contributed by atoms with E-state index >= 15 is 0 Å². The zero-order valence-electron chi connectivity index (χ0n) is 19.4. The van der Waals surface area contributed by atoms with Crippen LogP contribution in [0.1, 0.15) is 33.6 Å². The molecule has 0 radical (unpaired) electrons. The summed E-state index contributed by atoms with van der Waals surface area (Å²) in [5.41, 5.74) is 19.3. The number of thioether (sulfide) groups is 1. The summed E-state index contributed by atoms with van der Waals surface area (Å²) in [5.74, 6) is 0. The molecular formula is C29H31N3OS2. The van der Waals surface area contributed by atoms with Gasteiger partial charge in [0.05, 0.1) is 10.3 Å². The van der Waals surface area contributed by atoms with Gasteiger partial charge in [-0.25, -0.2) is 0 Å². The number of rotatable bonds is 6. The lowest BCUT2D eigenvalue weighted by Crippen LogP contribution is -2.18. The van der Waals surface area contributed by atoms with Crippen LogP contribution in [0.2, 0.25) is 0 Å². The molecule has 4 nitrogen and oxygen atoms in total. The van der Waals surface area contributed by atoms with Gasteiger partial charge in [-0.3, -0.25) is 0 Å². The van der Waals surface area contributed by atoms with Crippen molar-refractivity contribution in [3.05, 3.63) is 155 Å². The molecule has 0 spiro atoms. The van der Waals surface area contributed by atoms with E-state index < -0.39 is 6.10 Å². The van der Waals surface area contributed by atoms with Crippen LogP contribution in [-0.4, -0.2) is 10.2 Å². The summed E-state index contributed by atoms with van der Waals surface area (Å²) in [5, 5.41) is 10.9. The lowest BCUT2D eigenvalue weighted by Gasteiger charge is -2.17. The fraction of sp³-hybridized carbons (Fsp3) is 0.0690. The summed E-state index contributed by atoms with van der Waals surface area (Å²) in [7, 11) is 0. The van der Waals surface area contributed by atoms with Gasteiger partial charge in [-0.05, 0) is 34.5 Å². The van der Waals surface area contributed by atoms with Gasteiger partial charge in [0.2, 0.25) is 0 Å². The molecule has 0 aliphatic rings. The minimum Gasteiger partial charge on any atom is -0.394 e. The zero-order chi connectivity index (χ0) is 25.5. The lowest BCUT2D eigenvalue weighted by atomic mass is 10.0. The molecule has 4 aromatic carbocycles. The molecule has 0 fully saturated rings. The van der Waals surface area contributed by atoms with E-state index in [0.29, 0.717) is 5.03 Å². The molecule has 0 saturated carbocycles. The summed E-state index contributed by atoms with van der Waals surface area (Å²) in [4.78, 5) is 0. The van der Waals surface area contributed by atoms with E-state index in [4.69, 9.17) is 5.73 Å². The fourth-order valence-corrected chi connectivity index (χ4v) is 4.09. The molecule has 6 heteroatoms. The largest absolute Gasteiger partial charge is 0.394 e. The van der Waals surface area contributed by atoms with E-state index in [1.807, 2.05) is 97.1 Å². The molecule has 0 atom stereocenters. The van der Waals surface area contributed by atoms with E-state index in [0.717, 1.165) is 11.1 Å². The maximum Gasteiger partial charge on any atom is 0.160 e. The highest BCUT2D eigenvalue weighted by molar-refractivity contribution is 8.03. The fourth-order valence-electron chi connectivity index (χ4n) is 3.20. The van der Waals surface area contributed by atoms with Gasteiger partial charge in [-0.2, -0.15) is 0 Å². The first kappa shape index (κ1) is 27.7. The van der Waals surface area contributed by atoms with Crippen molar-refractivity contribution in [2.24, 2.45) is 17.2 Å². The van der Waals surface area contributed by atoms with E-state index in [-0.39, 0.29) is 10.4 Å². The number of hydrogen-bond donors (Lipinski definition) is 4. The van der Waals surface area contributed by atoms with Gasteiger partial charge in [-0.15, -0.1) is 0 Å². The monoisotopic (exact) mass is 501 g/mol. The number of nitrogens with two attached hydrogens (primary N) is 3. The van der Waals surface area contributed by atoms with Crippen molar-refractivity contribution < 1.29 is 5.11 Å². The maximum atomic E-state index is 9.99. The molecule has 0 heterocycles. The van der Waals surface area contributed by atoms with Gasteiger partial charge in [0.25, 0.3) is 0 Å². The van der Waals surface area contributed by atoms with Gasteiger partial charge >= 0.3 is 0 Å². The van der Waals surface area contributed by atoms with E-state index in [1.165, 1.54) is 11.1 Å². The third-order valence-electron chi connectivity index (χ3n) is 4.70. The molecule has 0 aromatic heterocycles. The van der Waals surface area contributed by atoms with Crippen LogP contribution in [0, 0.1) is 0 Å². The number of aliphatic hydroxyl groups excluding tert-OH is 1. The normalized spacial score (nSPS) is 9.91. The summed E-state index contributed by atoms with van der Waals surface area (Å²) >= 11 is 5.68. The van der Waals surface area contributed by atoms with E-state index in [9.17, 15) is 5.11 Å². The van der Waals surface area contributed by atoms with Crippen molar-refractivity contribution in [3.8, 4) is 0 Å². The van der Waals surface area contributed by atoms with Crippen molar-refractivity contribution in [1.82, 2.24) is 0 Å². The van der Waals surface area contributed by atoms with E-state index in [1.54, 1.807) is 11.8 Å². The second-order valence-electron chi connectivity index (χ2n) is 7.41. The van der Waals surface area contributed by atoms with Crippen LogP contribution in [0.4, 0.5) is 0 Å². The van der Waals surface area contributed by atoms with Crippen molar-refractivity contribution in [2.75, 3.05) is 0 Å². The third kappa shape index (κ3) is 10.5. The zero-order valence-corrected chi connectivity index (χ0v) is 21.0. The summed E-state index contributed by atoms with van der Waals surface area (Å²) in [6.45, 7) is 3.79. The SMILES string of the molecule is C=C(N)SC(c1ccccc1)c1ccccc1.NC(N)=S.OC(c1ccccc1)c1ccccc1. The average molecular weight is 502 g/mol. The van der Waals surface area contributed by atoms with Crippen LogP contribution >= 0.6 is 24.0 Å². The lowest BCUT2D eigenvalue weighted by molar-refractivity contribution is 0.220. The highest BCUT2D eigenvalue weighted by Crippen LogP contribution is 2.37. The topological polar surface area (TPSA) is 98.3 Å². The molecule has 0 unspecified atom stereocenters. The summed E-state index contributed by atoms with van der Waals surface area (Å²) in [6, 6.07) is 40.0. The summed E-state index contributed by atoms with van der Waals surface area (Å²) in [6.07, 6.45) is -0.516. The van der Waals surface area contributed by atoms with Crippen LogP contribution in [0.25, 0.3) is 0 Å². The molecule has 180 valence electrons. The number of hydrogen-bond acceptors (Lipinski definition) is 4. The van der Waals surface area contributed by atoms with Gasteiger partial charge in [0.1, 0.15) is 6.10 Å². The molecule has 4 rings (SSSR count). The molecule has 7 N–H and O–H groups in total. The predicted molar refractivity (Wildman–Crippen MR) is 154 cm³/mol. The Bertz CT molecular complexity index is 1060. The Morgan fingerprint density at radius 3 is 1.11 bits per heavy atom. The number of aliphatic hydroxyl groups is 1. The molecular weight excluding hydrogens is 470 g/mol. The Morgan fingerprint density at radius 1 is 0.600 bits per heavy atom. The molecule has 35 heavy (non-hydrogen) atoms. The Hall–Kier alpha value is -3.58. The van der Waals surface area contributed by atoms with Gasteiger partial charge in [0.15, 0.2) is 5.11 Å². The van der Waals surface area contributed by atoms with Crippen LogP contribution in [0.15, 0.2) is 133 Å². The van der Waals surface area contributed by atoms with Crippen LogP contribution in [-0.2, 0) is 0 Å². The molecule has 4 aromatic rings. The first-order valence-corrected chi connectivity index (χ1v) is 12.2. The molecule has 0 aliphatic carbocycles. The Balaban J connectivity index is 0.000000217. The second-order valence-corrected chi connectivity index (χ2v) is 9.11. The van der Waals surface area contributed by atoms with Gasteiger partial charge in [0, 0.05) is 0 Å². The maximum absolute atomic E-state index is 9.99. The minimum atomic E-state index is -0.516. The highest BCUT2D eigenvalue weighted by Gasteiger charge is 2.14. The van der Waals surface area contributed by atoms with Crippen molar-refractivity contribution in [3.63, 3.8) is 0 Å². The smallest absolute Gasteiger partial charge is 0.160 e. The van der Waals surface area contributed by atoms with Crippen LogP contribution < -0.4 is 17.2 Å². The minimum absolute atomic E-state index is 0.000000000000000222. The third-order valence-corrected chi connectivity index (χ3v) is 5.79. The van der Waals surface area contributed by atoms with Crippen LogP contribution in [0.5, 0.6) is 0 Å². The highest BCUT2D eigenvalue weighted by atomic mass is 32.2. The molecule has 0 aliphatic heterocycles. The Morgan fingerprint density at radius 2 is 0.857 bits per heavy atom. The first-order chi connectivity index (χ1) is 16.9. The Kier molecular flexibility index (Phi) is 12.1. The van der Waals surface area contributed by atoms with Crippen molar-refractivity contribution in [1.29, 1.82) is 0 Å². The standard InChI is InChI=1S/C15H15NS.C13H12O.CH4N2S/c1-12(16)17-15(13-8-4-2-5-9-13)14-10-6-3-7-11-14;14-13(11-7-3-1-4-8-11)12-9-5-2-6-10-12;2-1(3)4/h2-11,15H,1,16H2;1-10,13-14H;(H4,2,3,4). The van der Waals surface area contributed by atoms with Gasteiger partial charge in [-0.1, -0.05) is 140 Å². The van der Waals surface area contributed by atoms with Crippen molar-refractivity contribution >= 4 is 29.1 Å². The first-order valence-electron chi connectivity index (χ1n) is 10.9. The van der Waals surface area contributed by atoms with E-state index in [2.05, 4.69) is 54.5 Å². The van der Waals surface area contributed by atoms with Crippen molar-refractivity contribution in [2.45, 2.75) is 11.4 Å². The number of benzene rings is 4. The molecule has 0 bridgehead atoms. The second kappa shape index (κ2) is 15.3. The number of thiocarbonyl (C=S) groups is 1. The molecule has 0 saturated heterocycles.